The molecule has 2 aromatic heterocycles. The molecule has 8 heteroatoms. The minimum atomic E-state index is -0.578. The van der Waals surface area contributed by atoms with Crippen molar-refractivity contribution in [2.24, 2.45) is 7.05 Å². The lowest BCUT2D eigenvalue weighted by Crippen LogP contribution is -2.41. The van der Waals surface area contributed by atoms with E-state index in [1.807, 2.05) is 51.1 Å². The van der Waals surface area contributed by atoms with Crippen molar-refractivity contribution in [2.75, 3.05) is 11.9 Å². The summed E-state index contributed by atoms with van der Waals surface area (Å²) < 4.78 is 9.95. The molecule has 188 valence electrons. The molecular weight excluding hydrogens is 468 g/mol. The van der Waals surface area contributed by atoms with Gasteiger partial charge in [-0.15, -0.1) is 0 Å². The van der Waals surface area contributed by atoms with Gasteiger partial charge in [0.05, 0.1) is 29.0 Å². The van der Waals surface area contributed by atoms with Crippen LogP contribution in [0.3, 0.4) is 0 Å². The summed E-state index contributed by atoms with van der Waals surface area (Å²) in [4.78, 5) is 41.0. The van der Waals surface area contributed by atoms with Crippen molar-refractivity contribution in [3.63, 3.8) is 0 Å². The highest BCUT2D eigenvalue weighted by molar-refractivity contribution is 6.06. The second-order valence-corrected chi connectivity index (χ2v) is 9.10. The number of fused-ring (bicyclic) bond motifs is 3. The summed E-state index contributed by atoms with van der Waals surface area (Å²) in [6.07, 6.45) is 0. The van der Waals surface area contributed by atoms with Crippen molar-refractivity contribution in [1.29, 1.82) is 0 Å². The van der Waals surface area contributed by atoms with Gasteiger partial charge in [0.2, 0.25) is 5.91 Å². The molecule has 1 amide bonds. The largest absolute Gasteiger partial charge is 0.492 e. The molecule has 5 rings (SSSR count). The summed E-state index contributed by atoms with van der Waals surface area (Å²) in [7, 11) is 1.80. The monoisotopic (exact) mass is 496 g/mol. The van der Waals surface area contributed by atoms with Gasteiger partial charge in [0, 0.05) is 12.4 Å². The molecule has 0 aliphatic rings. The molecule has 0 spiro atoms. The van der Waals surface area contributed by atoms with Crippen LogP contribution in [0.1, 0.15) is 18.1 Å². The number of aromatic nitrogens is 3. The molecule has 0 radical (unpaired) electrons. The van der Waals surface area contributed by atoms with Crippen molar-refractivity contribution in [3.05, 3.63) is 98.7 Å². The smallest absolute Gasteiger partial charge is 0.336 e. The second-order valence-electron chi connectivity index (χ2n) is 9.10. The number of nitrogens with one attached hydrogen (secondary N) is 1. The van der Waals surface area contributed by atoms with Crippen molar-refractivity contribution >= 4 is 33.5 Å². The Morgan fingerprint density at radius 3 is 2.43 bits per heavy atom. The number of nitrogens with zero attached hydrogens (tertiary/aromatic N) is 3. The van der Waals surface area contributed by atoms with Gasteiger partial charge < -0.3 is 14.6 Å². The third kappa shape index (κ3) is 4.20. The van der Waals surface area contributed by atoms with Crippen LogP contribution in [-0.4, -0.2) is 26.2 Å². The topological polar surface area (TPSA) is 87.3 Å². The Labute approximate surface area is 213 Å². The maximum absolute atomic E-state index is 13.9. The minimum Gasteiger partial charge on any atom is -0.492 e. The Balaban J connectivity index is 1.75. The Morgan fingerprint density at radius 2 is 1.68 bits per heavy atom. The zero-order valence-electron chi connectivity index (χ0n) is 21.2. The fourth-order valence-electron chi connectivity index (χ4n) is 4.79. The van der Waals surface area contributed by atoms with Gasteiger partial charge in [0.15, 0.2) is 0 Å². The SMILES string of the molecule is CCOc1ccccc1NC(=O)Cn1c(=O)n(-c2cccc(C)c2)c(=O)c2c1c1cc(C)ccc1n2C. The summed E-state index contributed by atoms with van der Waals surface area (Å²) >= 11 is 0. The quantitative estimate of drug-likeness (QED) is 0.380. The van der Waals surface area contributed by atoms with E-state index in [0.29, 0.717) is 34.8 Å². The van der Waals surface area contributed by atoms with Crippen molar-refractivity contribution in [3.8, 4) is 11.4 Å². The fourth-order valence-corrected chi connectivity index (χ4v) is 4.79. The molecule has 37 heavy (non-hydrogen) atoms. The van der Waals surface area contributed by atoms with Crippen LogP contribution in [0.5, 0.6) is 5.75 Å². The van der Waals surface area contributed by atoms with Gasteiger partial charge in [-0.2, -0.15) is 0 Å². The number of aryl methyl sites for hydroxylation is 3. The van der Waals surface area contributed by atoms with E-state index < -0.39 is 17.2 Å². The fraction of sp³-hybridized carbons (Fsp3) is 0.207. The molecule has 0 unspecified atom stereocenters. The minimum absolute atomic E-state index is 0.283. The Kier molecular flexibility index (Phi) is 6.17. The number of hydrogen-bond acceptors (Lipinski definition) is 4. The summed E-state index contributed by atoms with van der Waals surface area (Å²) in [6, 6.07) is 20.2. The Hall–Kier alpha value is -4.59. The zero-order valence-corrected chi connectivity index (χ0v) is 21.2. The molecule has 3 aromatic carbocycles. The molecule has 0 saturated heterocycles. The molecule has 1 N–H and O–H groups in total. The van der Waals surface area contributed by atoms with E-state index in [1.54, 1.807) is 48.0 Å². The number of ether oxygens (including phenoxy) is 1. The lowest BCUT2D eigenvalue weighted by atomic mass is 10.1. The van der Waals surface area contributed by atoms with E-state index in [0.717, 1.165) is 26.6 Å². The number of hydrogen-bond donors (Lipinski definition) is 1. The van der Waals surface area contributed by atoms with Crippen molar-refractivity contribution < 1.29 is 9.53 Å². The highest BCUT2D eigenvalue weighted by Crippen LogP contribution is 2.27. The van der Waals surface area contributed by atoms with E-state index in [1.165, 1.54) is 4.57 Å². The van der Waals surface area contributed by atoms with Crippen LogP contribution in [0.15, 0.2) is 76.3 Å². The van der Waals surface area contributed by atoms with Crippen LogP contribution < -0.4 is 21.3 Å². The first-order valence-electron chi connectivity index (χ1n) is 12.1. The van der Waals surface area contributed by atoms with Crippen LogP contribution in [-0.2, 0) is 18.4 Å². The maximum Gasteiger partial charge on any atom is 0.336 e. The second kappa shape index (κ2) is 9.46. The Morgan fingerprint density at radius 1 is 0.919 bits per heavy atom. The first-order chi connectivity index (χ1) is 17.8. The van der Waals surface area contributed by atoms with E-state index in [2.05, 4.69) is 5.32 Å². The molecule has 0 aliphatic heterocycles. The van der Waals surface area contributed by atoms with Gasteiger partial charge in [0.25, 0.3) is 5.56 Å². The van der Waals surface area contributed by atoms with Crippen molar-refractivity contribution in [1.82, 2.24) is 13.7 Å². The average Bonchev–Trinajstić information content (AvgIpc) is 3.15. The third-order valence-electron chi connectivity index (χ3n) is 6.45. The van der Waals surface area contributed by atoms with Crippen LogP contribution in [0.4, 0.5) is 5.69 Å². The first kappa shape index (κ1) is 24.1. The van der Waals surface area contributed by atoms with E-state index in [4.69, 9.17) is 4.74 Å². The molecule has 0 atom stereocenters. The maximum atomic E-state index is 13.9. The highest BCUT2D eigenvalue weighted by Gasteiger charge is 2.23. The molecule has 2 heterocycles. The van der Waals surface area contributed by atoms with Crippen LogP contribution >= 0.6 is 0 Å². The highest BCUT2D eigenvalue weighted by atomic mass is 16.5. The number of carbonyl (C=O) groups is 1. The first-order valence-corrected chi connectivity index (χ1v) is 12.1. The molecule has 0 bridgehead atoms. The van der Waals surface area contributed by atoms with Gasteiger partial charge in [-0.3, -0.25) is 14.2 Å². The van der Waals surface area contributed by atoms with Gasteiger partial charge >= 0.3 is 5.69 Å². The molecule has 0 fully saturated rings. The van der Waals surface area contributed by atoms with Crippen LogP contribution in [0, 0.1) is 13.8 Å². The standard InChI is InChI=1S/C29H28N4O4/c1-5-37-24-12-7-6-11-22(24)30-25(34)17-32-26-21-16-19(3)13-14-23(21)31(4)27(26)28(35)33(29(32)36)20-10-8-9-18(2)15-20/h6-16H,5,17H2,1-4H3,(H,30,34). The number of amides is 1. The summed E-state index contributed by atoms with van der Waals surface area (Å²) in [5, 5.41) is 3.61. The van der Waals surface area contributed by atoms with Gasteiger partial charge in [0.1, 0.15) is 17.8 Å². The van der Waals surface area contributed by atoms with Gasteiger partial charge in [-0.1, -0.05) is 35.9 Å². The molecule has 5 aromatic rings. The summed E-state index contributed by atoms with van der Waals surface area (Å²) in [6.45, 7) is 5.88. The number of para-hydroxylation sites is 2. The summed E-state index contributed by atoms with van der Waals surface area (Å²) in [5.74, 6) is 0.135. The molecular formula is C29H28N4O4. The molecule has 8 nitrogen and oxygen atoms in total. The summed E-state index contributed by atoms with van der Waals surface area (Å²) in [5.41, 5.74) is 3.44. The molecule has 0 saturated carbocycles. The lowest BCUT2D eigenvalue weighted by molar-refractivity contribution is -0.116. The van der Waals surface area contributed by atoms with Crippen LogP contribution in [0.25, 0.3) is 27.6 Å². The van der Waals surface area contributed by atoms with Crippen LogP contribution in [0.2, 0.25) is 0 Å². The molecule has 0 aliphatic carbocycles. The normalized spacial score (nSPS) is 11.2. The number of benzene rings is 3. The number of anilines is 1. The predicted molar refractivity (Wildman–Crippen MR) is 146 cm³/mol. The zero-order chi connectivity index (χ0) is 26.3. The van der Waals surface area contributed by atoms with Gasteiger partial charge in [-0.25, -0.2) is 9.36 Å². The Bertz CT molecular complexity index is 1790. The average molecular weight is 497 g/mol. The number of rotatable bonds is 6. The number of carbonyl (C=O) groups excluding carboxylic acids is 1. The van der Waals surface area contributed by atoms with Gasteiger partial charge in [-0.05, 0) is 62.7 Å². The third-order valence-corrected chi connectivity index (χ3v) is 6.45. The predicted octanol–water partition coefficient (Wildman–Crippen LogP) is 4.30. The lowest BCUT2D eigenvalue weighted by Gasteiger charge is -2.15. The van der Waals surface area contributed by atoms with E-state index >= 15 is 0 Å². The van der Waals surface area contributed by atoms with E-state index in [9.17, 15) is 14.4 Å². The van der Waals surface area contributed by atoms with Crippen molar-refractivity contribution in [2.45, 2.75) is 27.3 Å². The van der Waals surface area contributed by atoms with E-state index in [-0.39, 0.29) is 6.54 Å².